The lowest BCUT2D eigenvalue weighted by Gasteiger charge is -2.28. The molecule has 0 unspecified atom stereocenters. The van der Waals surface area contributed by atoms with Gasteiger partial charge in [0.25, 0.3) is 0 Å². The van der Waals surface area contributed by atoms with Crippen molar-refractivity contribution in [3.05, 3.63) is 70.8 Å². The van der Waals surface area contributed by atoms with Crippen molar-refractivity contribution in [1.29, 1.82) is 0 Å². The topological polar surface area (TPSA) is 157 Å². The maximum atomic E-state index is 14.0. The molecule has 0 spiro atoms. The molecule has 4 atom stereocenters. The summed E-state index contributed by atoms with van der Waals surface area (Å²) in [4.78, 5) is 38.6. The number of esters is 1. The highest BCUT2D eigenvalue weighted by Gasteiger charge is 2.37. The molecule has 1 saturated heterocycles. The van der Waals surface area contributed by atoms with Crippen molar-refractivity contribution in [1.82, 2.24) is 16.0 Å². The van der Waals surface area contributed by atoms with Crippen molar-refractivity contribution in [2.24, 2.45) is 5.73 Å². The fourth-order valence-electron chi connectivity index (χ4n) is 5.73. The van der Waals surface area contributed by atoms with Crippen LogP contribution in [0.4, 0.5) is 8.78 Å². The summed E-state index contributed by atoms with van der Waals surface area (Å²) >= 11 is 0. The molecule has 1 aliphatic rings. The number of nitrogens with one attached hydrogen (secondary N) is 3. The zero-order valence-corrected chi connectivity index (χ0v) is 28.2. The van der Waals surface area contributed by atoms with E-state index in [-0.39, 0.29) is 37.3 Å². The van der Waals surface area contributed by atoms with Gasteiger partial charge in [-0.25, -0.2) is 22.0 Å². The Morgan fingerprint density at radius 3 is 2.28 bits per heavy atom. The Kier molecular flexibility index (Phi) is 14.7. The number of nitrogens with two attached hydrogens (primary N) is 1. The number of hydrogen-bond donors (Lipinski definition) is 4. The van der Waals surface area contributed by atoms with E-state index < -0.39 is 68.6 Å². The number of amides is 2. The largest absolute Gasteiger partial charge is 0.458 e. The normalized spacial score (nSPS) is 16.8. The van der Waals surface area contributed by atoms with Crippen LogP contribution in [0.15, 0.2) is 42.5 Å². The third-order valence-corrected chi connectivity index (χ3v) is 10.5. The Balaban J connectivity index is 1.86. The monoisotopic (exact) mass is 678 g/mol. The summed E-state index contributed by atoms with van der Waals surface area (Å²) < 4.78 is 60.8. The lowest BCUT2D eigenvalue weighted by molar-refractivity contribution is -0.153. The van der Waals surface area contributed by atoms with Gasteiger partial charge in [0.2, 0.25) is 11.8 Å². The standard InChI is InChI=1S/C34H48F2N4O6S/c1-4-8-27(9-5-2)47(44,45)21-30(40-33(42)29-12-13-32(41)39-29)34(43)46-31(20-38-19-23-11-7-10-22(6-3)14-23)28(37)17-24-15-25(35)18-26(36)16-24/h7,10-11,14-16,18,27-31,38H,4-6,8-9,12-13,17,19-21,37H2,1-3H3,(H,39,41)(H,40,42)/t28-,29+,30-,31+/m0/s1. The molecule has 0 bridgehead atoms. The van der Waals surface area contributed by atoms with Crippen molar-refractivity contribution in [2.75, 3.05) is 12.3 Å². The summed E-state index contributed by atoms with van der Waals surface area (Å²) in [5.41, 5.74) is 8.84. The molecule has 0 radical (unpaired) electrons. The van der Waals surface area contributed by atoms with E-state index in [1.165, 1.54) is 0 Å². The lowest BCUT2D eigenvalue weighted by Crippen LogP contribution is -2.55. The fraction of sp³-hybridized carbons (Fsp3) is 0.559. The van der Waals surface area contributed by atoms with E-state index in [1.54, 1.807) is 0 Å². The minimum Gasteiger partial charge on any atom is -0.458 e. The minimum absolute atomic E-state index is 0.0292. The number of hydrogen-bond acceptors (Lipinski definition) is 8. The van der Waals surface area contributed by atoms with Crippen molar-refractivity contribution in [2.45, 2.75) is 108 Å². The van der Waals surface area contributed by atoms with Gasteiger partial charge in [0.05, 0.1) is 11.0 Å². The number of carbonyl (C=O) groups is 3. The van der Waals surface area contributed by atoms with Gasteiger partial charge < -0.3 is 26.4 Å². The number of halogens is 2. The van der Waals surface area contributed by atoms with E-state index >= 15 is 0 Å². The van der Waals surface area contributed by atoms with E-state index in [1.807, 2.05) is 45.0 Å². The first-order valence-corrected chi connectivity index (χ1v) is 18.1. The molecule has 2 amide bonds. The molecule has 1 aliphatic heterocycles. The van der Waals surface area contributed by atoms with Crippen molar-refractivity contribution in [3.8, 4) is 0 Å². The van der Waals surface area contributed by atoms with Crippen LogP contribution in [0, 0.1) is 11.6 Å². The van der Waals surface area contributed by atoms with Crippen LogP contribution in [0.25, 0.3) is 0 Å². The van der Waals surface area contributed by atoms with Gasteiger partial charge in [-0.05, 0) is 60.9 Å². The predicted molar refractivity (Wildman–Crippen MR) is 176 cm³/mol. The Morgan fingerprint density at radius 2 is 1.68 bits per heavy atom. The number of sulfone groups is 1. The Morgan fingerprint density at radius 1 is 1.02 bits per heavy atom. The summed E-state index contributed by atoms with van der Waals surface area (Å²) in [7, 11) is -3.88. The van der Waals surface area contributed by atoms with E-state index in [9.17, 15) is 31.6 Å². The molecule has 13 heteroatoms. The molecule has 10 nitrogen and oxygen atoms in total. The van der Waals surface area contributed by atoms with Crippen LogP contribution < -0.4 is 21.7 Å². The second-order valence-corrected chi connectivity index (χ2v) is 14.5. The summed E-state index contributed by atoms with van der Waals surface area (Å²) in [5.74, 6) is -4.29. The highest BCUT2D eigenvalue weighted by atomic mass is 32.2. The van der Waals surface area contributed by atoms with Gasteiger partial charge in [-0.2, -0.15) is 0 Å². The molecule has 260 valence electrons. The van der Waals surface area contributed by atoms with E-state index in [0.29, 0.717) is 32.2 Å². The second kappa shape index (κ2) is 18.2. The van der Waals surface area contributed by atoms with Gasteiger partial charge in [0.1, 0.15) is 29.8 Å². The molecule has 3 rings (SSSR count). The molecule has 1 heterocycles. The number of carbonyl (C=O) groups excluding carboxylic acids is 3. The molecule has 0 aromatic heterocycles. The number of aryl methyl sites for hydroxylation is 1. The number of ether oxygens (including phenoxy) is 1. The summed E-state index contributed by atoms with van der Waals surface area (Å²) in [6.07, 6.45) is 2.07. The first-order valence-electron chi connectivity index (χ1n) is 16.4. The van der Waals surface area contributed by atoms with Gasteiger partial charge in [0, 0.05) is 31.6 Å². The maximum absolute atomic E-state index is 14.0. The lowest BCUT2D eigenvalue weighted by atomic mass is 10.0. The molecule has 5 N–H and O–H groups in total. The molecule has 0 saturated carbocycles. The Hall–Kier alpha value is -3.42. The highest BCUT2D eigenvalue weighted by Crippen LogP contribution is 2.19. The third kappa shape index (κ3) is 12.0. The van der Waals surface area contributed by atoms with Crippen LogP contribution in [-0.2, 0) is 48.3 Å². The minimum atomic E-state index is -3.88. The van der Waals surface area contributed by atoms with Gasteiger partial charge in [-0.15, -0.1) is 0 Å². The van der Waals surface area contributed by atoms with E-state index in [4.69, 9.17) is 10.5 Å². The second-order valence-electron chi connectivity index (χ2n) is 12.2. The van der Waals surface area contributed by atoms with Crippen LogP contribution in [0.2, 0.25) is 0 Å². The van der Waals surface area contributed by atoms with E-state index in [2.05, 4.69) is 16.0 Å². The van der Waals surface area contributed by atoms with Crippen molar-refractivity contribution < 1.29 is 36.3 Å². The predicted octanol–water partition coefficient (Wildman–Crippen LogP) is 3.25. The third-order valence-electron chi connectivity index (χ3n) is 8.25. The molecule has 2 aromatic rings. The van der Waals surface area contributed by atoms with Gasteiger partial charge in [0.15, 0.2) is 9.84 Å². The van der Waals surface area contributed by atoms with Gasteiger partial charge in [-0.3, -0.25) is 9.59 Å². The molecule has 2 aromatic carbocycles. The van der Waals surface area contributed by atoms with Gasteiger partial charge >= 0.3 is 5.97 Å². The summed E-state index contributed by atoms with van der Waals surface area (Å²) in [5, 5.41) is 7.55. The quantitative estimate of drug-likeness (QED) is 0.165. The Bertz CT molecular complexity index is 1450. The zero-order chi connectivity index (χ0) is 34.6. The molecule has 1 fully saturated rings. The number of benzene rings is 2. The van der Waals surface area contributed by atoms with Crippen LogP contribution in [0.5, 0.6) is 0 Å². The first-order chi connectivity index (χ1) is 22.3. The fourth-order valence-corrected chi connectivity index (χ4v) is 7.88. The maximum Gasteiger partial charge on any atom is 0.330 e. The van der Waals surface area contributed by atoms with Crippen molar-refractivity contribution >= 4 is 27.6 Å². The van der Waals surface area contributed by atoms with Gasteiger partial charge in [-0.1, -0.05) is 57.9 Å². The van der Waals surface area contributed by atoms with Crippen molar-refractivity contribution in [3.63, 3.8) is 0 Å². The molecular formula is C34H48F2N4O6S. The SMILES string of the molecule is CCCC(CCC)S(=O)(=O)C[C@H](NC(=O)[C@H]1CCC(=O)N1)C(=O)O[C@H](CNCc1cccc(CC)c1)[C@@H](N)Cc1cc(F)cc(F)c1. The highest BCUT2D eigenvalue weighted by molar-refractivity contribution is 7.92. The smallest absolute Gasteiger partial charge is 0.330 e. The Labute approximate surface area is 276 Å². The molecule has 47 heavy (non-hydrogen) atoms. The average Bonchev–Trinajstić information content (AvgIpc) is 3.45. The number of rotatable bonds is 19. The van der Waals surface area contributed by atoms with Crippen LogP contribution >= 0.6 is 0 Å². The van der Waals surface area contributed by atoms with Crippen LogP contribution in [0.3, 0.4) is 0 Å². The first kappa shape index (κ1) is 38.0. The van der Waals surface area contributed by atoms with Crippen LogP contribution in [0.1, 0.15) is 76.0 Å². The summed E-state index contributed by atoms with van der Waals surface area (Å²) in [6.45, 7) is 6.21. The summed E-state index contributed by atoms with van der Waals surface area (Å²) in [6, 6.07) is 7.47. The van der Waals surface area contributed by atoms with E-state index in [0.717, 1.165) is 35.7 Å². The van der Waals surface area contributed by atoms with Crippen LogP contribution in [-0.4, -0.2) is 68.0 Å². The zero-order valence-electron chi connectivity index (χ0n) is 27.4. The average molecular weight is 679 g/mol. The molecular weight excluding hydrogens is 630 g/mol. The molecule has 0 aliphatic carbocycles.